The normalized spacial score (nSPS) is 13.0. The largest absolute Gasteiger partial charge is 0.347 e. The van der Waals surface area contributed by atoms with Gasteiger partial charge in [-0.05, 0) is 18.9 Å². The Hall–Kier alpha value is -1.85. The molecule has 1 aromatic carbocycles. The molecule has 5 nitrogen and oxygen atoms in total. The summed E-state index contributed by atoms with van der Waals surface area (Å²) in [5.74, 6) is 0.566. The Bertz CT molecular complexity index is 595. The lowest BCUT2D eigenvalue weighted by Crippen LogP contribution is -2.51. The highest BCUT2D eigenvalue weighted by Crippen LogP contribution is 2.16. The van der Waals surface area contributed by atoms with Crippen LogP contribution in [-0.2, 0) is 11.3 Å². The van der Waals surface area contributed by atoms with Gasteiger partial charge in [-0.3, -0.25) is 4.79 Å². The Morgan fingerprint density at radius 1 is 1.36 bits per heavy atom. The van der Waals surface area contributed by atoms with Crippen molar-refractivity contribution in [3.05, 3.63) is 42.4 Å². The van der Waals surface area contributed by atoms with Crippen molar-refractivity contribution in [3.8, 4) is 11.3 Å². The summed E-state index contributed by atoms with van der Waals surface area (Å²) in [5.41, 5.74) is 7.16. The van der Waals surface area contributed by atoms with Crippen molar-refractivity contribution in [2.75, 3.05) is 0 Å². The maximum absolute atomic E-state index is 12.0. The molecule has 0 saturated carbocycles. The van der Waals surface area contributed by atoms with Gasteiger partial charge in [0.25, 0.3) is 0 Å². The summed E-state index contributed by atoms with van der Waals surface area (Å²) in [4.78, 5) is 19.5. The maximum Gasteiger partial charge on any atom is 0.240 e. The third-order valence-electron chi connectivity index (χ3n) is 3.42. The molecule has 0 radical (unpaired) electrons. The average Bonchev–Trinajstić information content (AvgIpc) is 2.94. The van der Waals surface area contributed by atoms with Gasteiger partial charge in [-0.1, -0.05) is 43.7 Å². The summed E-state index contributed by atoms with van der Waals surface area (Å²) in [6.45, 7) is 4.11. The summed E-state index contributed by atoms with van der Waals surface area (Å²) in [6.07, 6.45) is 3.30. The first-order chi connectivity index (χ1) is 10.0. The number of carbonyl (C=O) groups is 1. The van der Waals surface area contributed by atoms with E-state index in [9.17, 15) is 4.79 Å². The minimum atomic E-state index is -0.830. The topological polar surface area (TPSA) is 83.8 Å². The molecule has 0 aliphatic carbocycles. The van der Waals surface area contributed by atoms with Crippen molar-refractivity contribution in [3.63, 3.8) is 0 Å². The van der Waals surface area contributed by atoms with Crippen molar-refractivity contribution < 1.29 is 4.79 Å². The number of nitrogens with one attached hydrogen (secondary N) is 2. The van der Waals surface area contributed by atoms with Gasteiger partial charge >= 0.3 is 0 Å². The first-order valence-corrected chi connectivity index (χ1v) is 7.19. The van der Waals surface area contributed by atoms with Crippen LogP contribution in [0.3, 0.4) is 0 Å². The number of hydrogen-bond acceptors (Lipinski definition) is 3. The Morgan fingerprint density at radius 2 is 2.05 bits per heavy atom. The molecule has 0 fully saturated rings. The summed E-state index contributed by atoms with van der Waals surface area (Å²) >= 11 is 0. The van der Waals surface area contributed by atoms with E-state index in [0.717, 1.165) is 23.5 Å². The second-order valence-electron chi connectivity index (χ2n) is 5.46. The van der Waals surface area contributed by atoms with E-state index in [-0.39, 0.29) is 18.3 Å². The van der Waals surface area contributed by atoms with Gasteiger partial charge < -0.3 is 16.0 Å². The lowest BCUT2D eigenvalue weighted by atomic mass is 9.97. The zero-order chi connectivity index (χ0) is 15.3. The molecule has 0 aliphatic heterocycles. The van der Waals surface area contributed by atoms with Crippen LogP contribution in [0.1, 0.15) is 32.5 Å². The van der Waals surface area contributed by atoms with E-state index >= 15 is 0 Å². The number of amides is 1. The van der Waals surface area contributed by atoms with Crippen molar-refractivity contribution >= 4 is 18.3 Å². The number of hydrogen-bond donors (Lipinski definition) is 3. The van der Waals surface area contributed by atoms with E-state index in [1.54, 1.807) is 13.1 Å². The molecular formula is C16H23ClN4O. The van der Waals surface area contributed by atoms with Gasteiger partial charge in [0.05, 0.1) is 24.0 Å². The number of H-pyrrole nitrogens is 1. The number of halogens is 1. The zero-order valence-corrected chi connectivity index (χ0v) is 13.7. The number of aromatic amines is 1. The summed E-state index contributed by atoms with van der Waals surface area (Å²) in [5, 5.41) is 2.83. The van der Waals surface area contributed by atoms with Crippen molar-refractivity contribution in [1.82, 2.24) is 15.3 Å². The van der Waals surface area contributed by atoms with Crippen LogP contribution in [-0.4, -0.2) is 21.4 Å². The first kappa shape index (κ1) is 18.2. The molecule has 1 aromatic heterocycles. The van der Waals surface area contributed by atoms with Crippen LogP contribution < -0.4 is 11.1 Å². The Kier molecular flexibility index (Phi) is 6.59. The van der Waals surface area contributed by atoms with E-state index < -0.39 is 5.54 Å². The summed E-state index contributed by atoms with van der Waals surface area (Å²) < 4.78 is 0. The second kappa shape index (κ2) is 7.96. The van der Waals surface area contributed by atoms with Crippen LogP contribution in [0.2, 0.25) is 0 Å². The Labute approximate surface area is 137 Å². The SMILES string of the molecule is CCCC(C)(N)C(=O)NCc1ncc(-c2ccccc2)[nH]1.Cl. The van der Waals surface area contributed by atoms with E-state index in [2.05, 4.69) is 15.3 Å². The number of imidazole rings is 1. The number of benzene rings is 1. The predicted molar refractivity (Wildman–Crippen MR) is 90.6 cm³/mol. The molecule has 1 atom stereocenters. The number of carbonyl (C=O) groups excluding carboxylic acids is 1. The Morgan fingerprint density at radius 3 is 2.68 bits per heavy atom. The first-order valence-electron chi connectivity index (χ1n) is 7.19. The van der Waals surface area contributed by atoms with Gasteiger partial charge in [0, 0.05) is 0 Å². The lowest BCUT2D eigenvalue weighted by molar-refractivity contribution is -0.126. The molecule has 2 aromatic rings. The highest BCUT2D eigenvalue weighted by Gasteiger charge is 2.26. The molecule has 0 saturated heterocycles. The van der Waals surface area contributed by atoms with Crippen molar-refractivity contribution in [1.29, 1.82) is 0 Å². The molecule has 1 unspecified atom stereocenters. The molecule has 2 rings (SSSR count). The van der Waals surface area contributed by atoms with E-state index in [0.29, 0.717) is 13.0 Å². The van der Waals surface area contributed by atoms with Crippen molar-refractivity contribution in [2.45, 2.75) is 38.8 Å². The molecular weight excluding hydrogens is 300 g/mol. The third kappa shape index (κ3) is 4.58. The predicted octanol–water partition coefficient (Wildman–Crippen LogP) is 2.63. The smallest absolute Gasteiger partial charge is 0.240 e. The highest BCUT2D eigenvalue weighted by molar-refractivity contribution is 5.85. The number of aromatic nitrogens is 2. The standard InChI is InChI=1S/C16H22N4O.ClH/c1-3-9-16(2,17)15(21)19-11-14-18-10-13(20-14)12-7-5-4-6-8-12;/h4-8,10H,3,9,11,17H2,1-2H3,(H,18,20)(H,19,21);1H. The van der Waals surface area contributed by atoms with E-state index in [1.807, 2.05) is 37.3 Å². The Balaban J connectivity index is 0.00000242. The number of rotatable bonds is 6. The minimum absolute atomic E-state index is 0. The maximum atomic E-state index is 12.0. The average molecular weight is 323 g/mol. The van der Waals surface area contributed by atoms with Crippen LogP contribution in [0.15, 0.2) is 36.5 Å². The van der Waals surface area contributed by atoms with Gasteiger partial charge in [-0.25, -0.2) is 4.98 Å². The van der Waals surface area contributed by atoms with E-state index in [1.165, 1.54) is 0 Å². The van der Waals surface area contributed by atoms with Crippen LogP contribution in [0.25, 0.3) is 11.3 Å². The monoisotopic (exact) mass is 322 g/mol. The molecule has 1 amide bonds. The van der Waals surface area contributed by atoms with E-state index in [4.69, 9.17) is 5.73 Å². The molecule has 120 valence electrons. The molecule has 0 aliphatic rings. The molecule has 4 N–H and O–H groups in total. The van der Waals surface area contributed by atoms with Gasteiger partial charge in [0.15, 0.2) is 0 Å². The molecule has 6 heteroatoms. The van der Waals surface area contributed by atoms with Crippen LogP contribution in [0.4, 0.5) is 0 Å². The zero-order valence-electron chi connectivity index (χ0n) is 12.9. The van der Waals surface area contributed by atoms with Gasteiger partial charge in [-0.15, -0.1) is 12.4 Å². The fraction of sp³-hybridized carbons (Fsp3) is 0.375. The van der Waals surface area contributed by atoms with Gasteiger partial charge in [-0.2, -0.15) is 0 Å². The lowest BCUT2D eigenvalue weighted by Gasteiger charge is -2.22. The van der Waals surface area contributed by atoms with Gasteiger partial charge in [0.2, 0.25) is 5.91 Å². The van der Waals surface area contributed by atoms with Crippen molar-refractivity contribution in [2.24, 2.45) is 5.73 Å². The quantitative estimate of drug-likeness (QED) is 0.764. The summed E-state index contributed by atoms with van der Waals surface area (Å²) in [7, 11) is 0. The fourth-order valence-corrected chi connectivity index (χ4v) is 2.22. The third-order valence-corrected chi connectivity index (χ3v) is 3.42. The summed E-state index contributed by atoms with van der Waals surface area (Å²) in [6, 6.07) is 9.93. The van der Waals surface area contributed by atoms with Gasteiger partial charge in [0.1, 0.15) is 5.82 Å². The van der Waals surface area contributed by atoms with Crippen LogP contribution in [0.5, 0.6) is 0 Å². The molecule has 0 bridgehead atoms. The molecule has 0 spiro atoms. The number of nitrogens with two attached hydrogens (primary N) is 1. The van der Waals surface area contributed by atoms with Crippen LogP contribution >= 0.6 is 12.4 Å². The molecule has 22 heavy (non-hydrogen) atoms. The highest BCUT2D eigenvalue weighted by atomic mass is 35.5. The van der Waals surface area contributed by atoms with Crippen LogP contribution in [0, 0.1) is 0 Å². The second-order valence-corrected chi connectivity index (χ2v) is 5.46. The minimum Gasteiger partial charge on any atom is -0.347 e. The number of nitrogens with zero attached hydrogens (tertiary/aromatic N) is 1. The molecule has 1 heterocycles. The fourth-order valence-electron chi connectivity index (χ4n) is 2.22.